The normalized spacial score (nSPS) is 18.2. The van der Waals surface area contributed by atoms with Gasteiger partial charge in [-0.1, -0.05) is 43.2 Å². The molecule has 2 aliphatic heterocycles. The molecule has 0 saturated carbocycles. The Hall–Kier alpha value is -1.89. The van der Waals surface area contributed by atoms with E-state index in [2.05, 4.69) is 45.4 Å². The van der Waals surface area contributed by atoms with Gasteiger partial charge in [0.2, 0.25) is 0 Å². The Morgan fingerprint density at radius 2 is 1.73 bits per heavy atom. The first kappa shape index (κ1) is 21.3. The number of benzene rings is 1. The summed E-state index contributed by atoms with van der Waals surface area (Å²) in [5.41, 5.74) is 2.31. The topological polar surface area (TPSA) is 44.8 Å². The number of hydrogen-bond acceptors (Lipinski definition) is 5. The Morgan fingerprint density at radius 3 is 2.47 bits per heavy atom. The first-order valence-corrected chi connectivity index (χ1v) is 12.2. The Balaban J connectivity index is 1.39. The van der Waals surface area contributed by atoms with Crippen molar-refractivity contribution in [3.8, 4) is 11.1 Å². The Bertz CT molecular complexity index is 794. The van der Waals surface area contributed by atoms with Crippen LogP contribution in [0.25, 0.3) is 11.1 Å². The van der Waals surface area contributed by atoms with Crippen LogP contribution in [-0.4, -0.2) is 63.3 Å². The minimum Gasteiger partial charge on any atom is -0.378 e. The van der Waals surface area contributed by atoms with Crippen LogP contribution in [0, 0.1) is 0 Å². The van der Waals surface area contributed by atoms with Gasteiger partial charge in [-0.15, -0.1) is 11.3 Å². The fourth-order valence-electron chi connectivity index (χ4n) is 4.27. The lowest BCUT2D eigenvalue weighted by Crippen LogP contribution is -2.35. The molecule has 5 nitrogen and oxygen atoms in total. The number of nitrogens with zero attached hydrogens (tertiary/aromatic N) is 2. The third-order valence-electron chi connectivity index (χ3n) is 5.95. The largest absolute Gasteiger partial charge is 0.378 e. The number of nitrogens with one attached hydrogen (secondary N) is 1. The molecule has 2 saturated heterocycles. The van der Waals surface area contributed by atoms with Gasteiger partial charge >= 0.3 is 0 Å². The van der Waals surface area contributed by atoms with Crippen molar-refractivity contribution >= 4 is 22.2 Å². The minimum absolute atomic E-state index is 0.0487. The van der Waals surface area contributed by atoms with Gasteiger partial charge in [0, 0.05) is 25.2 Å². The molecular weight excluding hydrogens is 394 g/mol. The molecule has 0 unspecified atom stereocenters. The molecule has 0 spiro atoms. The average molecular weight is 428 g/mol. The maximum atomic E-state index is 12.9. The first-order valence-electron chi connectivity index (χ1n) is 11.3. The lowest BCUT2D eigenvalue weighted by atomic mass is 10.1. The van der Waals surface area contributed by atoms with Gasteiger partial charge in [-0.2, -0.15) is 0 Å². The van der Waals surface area contributed by atoms with Gasteiger partial charge in [-0.3, -0.25) is 4.79 Å². The third kappa shape index (κ3) is 5.62. The van der Waals surface area contributed by atoms with Gasteiger partial charge in [0.15, 0.2) is 0 Å². The molecular formula is C24H33N3O2S. The second kappa shape index (κ2) is 10.9. The standard InChI is InChI=1S/C24H33N3O2S/c28-23(25-11-8-14-26-12-6-1-2-7-13-26)22-19-21(20-9-4-3-5-10-20)24(30-22)27-15-17-29-18-16-27/h3-5,9-10,19H,1-2,6-8,11-18H2,(H,25,28). The fourth-order valence-corrected chi connectivity index (χ4v) is 5.42. The summed E-state index contributed by atoms with van der Waals surface area (Å²) in [6, 6.07) is 12.4. The number of morpholine rings is 1. The van der Waals surface area contributed by atoms with Crippen LogP contribution in [0.1, 0.15) is 41.8 Å². The highest BCUT2D eigenvalue weighted by Crippen LogP contribution is 2.39. The minimum atomic E-state index is 0.0487. The Labute approximate surface area is 184 Å². The van der Waals surface area contributed by atoms with Crippen molar-refractivity contribution in [2.45, 2.75) is 32.1 Å². The molecule has 1 amide bonds. The van der Waals surface area contributed by atoms with E-state index in [4.69, 9.17) is 4.74 Å². The van der Waals surface area contributed by atoms with E-state index in [-0.39, 0.29) is 5.91 Å². The van der Waals surface area contributed by atoms with Crippen molar-refractivity contribution in [2.24, 2.45) is 0 Å². The van der Waals surface area contributed by atoms with E-state index in [0.29, 0.717) is 0 Å². The van der Waals surface area contributed by atoms with E-state index in [9.17, 15) is 4.79 Å². The third-order valence-corrected chi connectivity index (χ3v) is 7.15. The molecule has 30 heavy (non-hydrogen) atoms. The molecule has 1 N–H and O–H groups in total. The second-order valence-corrected chi connectivity index (χ2v) is 9.19. The van der Waals surface area contributed by atoms with Crippen LogP contribution in [0.4, 0.5) is 5.00 Å². The van der Waals surface area contributed by atoms with Gasteiger partial charge in [0.05, 0.1) is 23.1 Å². The van der Waals surface area contributed by atoms with Crippen LogP contribution in [0.3, 0.4) is 0 Å². The van der Waals surface area contributed by atoms with Crippen LogP contribution in [-0.2, 0) is 4.74 Å². The van der Waals surface area contributed by atoms with Crippen molar-refractivity contribution in [3.63, 3.8) is 0 Å². The van der Waals surface area contributed by atoms with E-state index in [1.165, 1.54) is 43.8 Å². The van der Waals surface area contributed by atoms with E-state index in [0.717, 1.165) is 61.8 Å². The van der Waals surface area contributed by atoms with E-state index in [1.807, 2.05) is 6.07 Å². The van der Waals surface area contributed by atoms with Gasteiger partial charge in [0.25, 0.3) is 5.91 Å². The summed E-state index contributed by atoms with van der Waals surface area (Å²) in [6.07, 6.45) is 6.36. The van der Waals surface area contributed by atoms with Crippen molar-refractivity contribution in [3.05, 3.63) is 41.3 Å². The number of likely N-dealkylation sites (tertiary alicyclic amines) is 1. The molecule has 1 aromatic heterocycles. The number of carbonyl (C=O) groups is 1. The smallest absolute Gasteiger partial charge is 0.261 e. The van der Waals surface area contributed by atoms with Gasteiger partial charge in [-0.05, 0) is 50.5 Å². The van der Waals surface area contributed by atoms with Gasteiger partial charge in [-0.25, -0.2) is 0 Å². The average Bonchev–Trinajstić information content (AvgIpc) is 3.09. The van der Waals surface area contributed by atoms with Crippen LogP contribution in [0.2, 0.25) is 0 Å². The monoisotopic (exact) mass is 427 g/mol. The van der Waals surface area contributed by atoms with Crippen LogP contribution >= 0.6 is 11.3 Å². The number of anilines is 1. The highest BCUT2D eigenvalue weighted by molar-refractivity contribution is 7.18. The fraction of sp³-hybridized carbons (Fsp3) is 0.542. The number of rotatable bonds is 7. The highest BCUT2D eigenvalue weighted by Gasteiger charge is 2.21. The SMILES string of the molecule is O=C(NCCCN1CCCCCC1)c1cc(-c2ccccc2)c(N2CCOCC2)s1. The van der Waals surface area contributed by atoms with Crippen LogP contribution in [0.15, 0.2) is 36.4 Å². The molecule has 162 valence electrons. The summed E-state index contributed by atoms with van der Waals surface area (Å²) in [5, 5.41) is 4.33. The van der Waals surface area contributed by atoms with Gasteiger partial charge < -0.3 is 19.9 Å². The summed E-state index contributed by atoms with van der Waals surface area (Å²) in [7, 11) is 0. The molecule has 2 fully saturated rings. The summed E-state index contributed by atoms with van der Waals surface area (Å²) in [6.45, 7) is 7.47. The summed E-state index contributed by atoms with van der Waals surface area (Å²) in [5.74, 6) is 0.0487. The molecule has 3 heterocycles. The molecule has 0 radical (unpaired) electrons. The quantitative estimate of drug-likeness (QED) is 0.671. The van der Waals surface area contributed by atoms with E-state index >= 15 is 0 Å². The molecule has 2 aliphatic rings. The van der Waals surface area contributed by atoms with Crippen molar-refractivity contribution in [1.82, 2.24) is 10.2 Å². The maximum absolute atomic E-state index is 12.9. The zero-order chi connectivity index (χ0) is 20.6. The van der Waals surface area contributed by atoms with Crippen molar-refractivity contribution in [1.29, 1.82) is 0 Å². The predicted octanol–water partition coefficient (Wildman–Crippen LogP) is 4.25. The molecule has 6 heteroatoms. The molecule has 0 aliphatic carbocycles. The predicted molar refractivity (Wildman–Crippen MR) is 125 cm³/mol. The van der Waals surface area contributed by atoms with Crippen molar-refractivity contribution in [2.75, 3.05) is 57.4 Å². The lowest BCUT2D eigenvalue weighted by Gasteiger charge is -2.28. The Morgan fingerprint density at radius 1 is 1.00 bits per heavy atom. The lowest BCUT2D eigenvalue weighted by molar-refractivity contribution is 0.0955. The maximum Gasteiger partial charge on any atom is 0.261 e. The van der Waals surface area contributed by atoms with E-state index < -0.39 is 0 Å². The first-order chi connectivity index (χ1) is 14.8. The molecule has 4 rings (SSSR count). The van der Waals surface area contributed by atoms with E-state index in [1.54, 1.807) is 11.3 Å². The highest BCUT2D eigenvalue weighted by atomic mass is 32.1. The number of amides is 1. The number of ether oxygens (including phenoxy) is 1. The van der Waals surface area contributed by atoms with Crippen LogP contribution < -0.4 is 10.2 Å². The molecule has 0 atom stereocenters. The van der Waals surface area contributed by atoms with Gasteiger partial charge in [0.1, 0.15) is 0 Å². The van der Waals surface area contributed by atoms with Crippen molar-refractivity contribution < 1.29 is 9.53 Å². The number of hydrogen-bond donors (Lipinski definition) is 1. The van der Waals surface area contributed by atoms with Crippen LogP contribution in [0.5, 0.6) is 0 Å². The number of carbonyl (C=O) groups excluding carboxylic acids is 1. The summed E-state index contributed by atoms with van der Waals surface area (Å²) in [4.78, 5) is 18.6. The molecule has 0 bridgehead atoms. The number of thiophene rings is 1. The zero-order valence-corrected chi connectivity index (χ0v) is 18.6. The molecule has 1 aromatic carbocycles. The molecule has 2 aromatic rings. The second-order valence-electron chi connectivity index (χ2n) is 8.16. The summed E-state index contributed by atoms with van der Waals surface area (Å²) >= 11 is 1.61. The Kier molecular flexibility index (Phi) is 7.78. The zero-order valence-electron chi connectivity index (χ0n) is 17.8. The summed E-state index contributed by atoms with van der Waals surface area (Å²) < 4.78 is 5.52.